The van der Waals surface area contributed by atoms with E-state index in [1.54, 1.807) is 18.5 Å². The van der Waals surface area contributed by atoms with Crippen LogP contribution in [-0.2, 0) is 10.3 Å². The first-order chi connectivity index (χ1) is 11.5. The molecule has 1 N–H and O–H groups in total. The molecule has 0 aromatic carbocycles. The van der Waals surface area contributed by atoms with Crippen LogP contribution < -0.4 is 5.32 Å². The fraction of sp³-hybridized carbons (Fsp3) is 0.529. The van der Waals surface area contributed by atoms with Crippen LogP contribution in [0.5, 0.6) is 0 Å². The standard InChI is InChI=1S/C17H23N5O2/c1-12-11-14(21-22(12)13-5-9-24-10-6-13)15(23)20-17(2,3)16-18-7-4-8-19-16/h4,7-8,11,13H,5-6,9-10H2,1-3H3,(H,20,23). The number of carbonyl (C=O) groups excluding carboxylic acids is 1. The molecule has 3 rings (SSSR count). The quantitative estimate of drug-likeness (QED) is 0.928. The number of hydrogen-bond acceptors (Lipinski definition) is 5. The van der Waals surface area contributed by atoms with Gasteiger partial charge < -0.3 is 10.1 Å². The number of amides is 1. The van der Waals surface area contributed by atoms with Gasteiger partial charge in [0.1, 0.15) is 5.69 Å². The van der Waals surface area contributed by atoms with Gasteiger partial charge in [0, 0.05) is 31.3 Å². The molecular weight excluding hydrogens is 306 g/mol. The molecule has 1 amide bonds. The first-order valence-electron chi connectivity index (χ1n) is 8.21. The highest BCUT2D eigenvalue weighted by Crippen LogP contribution is 2.23. The third-order valence-corrected chi connectivity index (χ3v) is 4.24. The van der Waals surface area contributed by atoms with Gasteiger partial charge in [0.25, 0.3) is 5.91 Å². The minimum atomic E-state index is -0.672. The third-order valence-electron chi connectivity index (χ3n) is 4.24. The number of hydrogen-bond donors (Lipinski definition) is 1. The summed E-state index contributed by atoms with van der Waals surface area (Å²) in [5.41, 5.74) is 0.734. The summed E-state index contributed by atoms with van der Waals surface area (Å²) in [6, 6.07) is 3.87. The summed E-state index contributed by atoms with van der Waals surface area (Å²) in [4.78, 5) is 21.1. The molecule has 1 aliphatic rings. The molecule has 2 aromatic rings. The number of aryl methyl sites for hydroxylation is 1. The number of ether oxygens (including phenoxy) is 1. The first kappa shape index (κ1) is 16.6. The topological polar surface area (TPSA) is 81.9 Å². The van der Waals surface area contributed by atoms with Crippen LogP contribution in [-0.4, -0.2) is 38.9 Å². The molecule has 3 heterocycles. The van der Waals surface area contributed by atoms with Crippen molar-refractivity contribution in [2.45, 2.75) is 45.2 Å². The van der Waals surface area contributed by atoms with Crippen LogP contribution in [0.3, 0.4) is 0 Å². The highest BCUT2D eigenvalue weighted by atomic mass is 16.5. The normalized spacial score (nSPS) is 16.1. The van der Waals surface area contributed by atoms with Gasteiger partial charge in [0.2, 0.25) is 0 Å². The molecule has 7 nitrogen and oxygen atoms in total. The Kier molecular flexibility index (Phi) is 4.62. The maximum absolute atomic E-state index is 12.6. The molecule has 0 spiro atoms. The van der Waals surface area contributed by atoms with Crippen molar-refractivity contribution in [3.63, 3.8) is 0 Å². The second-order valence-electron chi connectivity index (χ2n) is 6.61. The van der Waals surface area contributed by atoms with Gasteiger partial charge in [-0.2, -0.15) is 5.10 Å². The van der Waals surface area contributed by atoms with E-state index in [2.05, 4.69) is 20.4 Å². The summed E-state index contributed by atoms with van der Waals surface area (Å²) in [7, 11) is 0. The van der Waals surface area contributed by atoms with Crippen molar-refractivity contribution >= 4 is 5.91 Å². The van der Waals surface area contributed by atoms with Crippen LogP contribution >= 0.6 is 0 Å². The molecule has 0 aliphatic carbocycles. The molecular formula is C17H23N5O2. The lowest BCUT2D eigenvalue weighted by atomic mass is 10.0. The van der Waals surface area contributed by atoms with Crippen molar-refractivity contribution in [3.8, 4) is 0 Å². The maximum atomic E-state index is 12.6. The van der Waals surface area contributed by atoms with Crippen molar-refractivity contribution in [1.29, 1.82) is 0 Å². The summed E-state index contributed by atoms with van der Waals surface area (Å²) in [6.45, 7) is 7.21. The highest BCUT2D eigenvalue weighted by Gasteiger charge is 2.28. The van der Waals surface area contributed by atoms with Crippen LogP contribution in [0.1, 0.15) is 54.7 Å². The van der Waals surface area contributed by atoms with E-state index in [9.17, 15) is 4.79 Å². The zero-order chi connectivity index (χ0) is 17.2. The molecule has 128 valence electrons. The number of nitrogens with one attached hydrogen (secondary N) is 1. The Bertz CT molecular complexity index is 705. The Labute approximate surface area is 141 Å². The molecule has 24 heavy (non-hydrogen) atoms. The fourth-order valence-electron chi connectivity index (χ4n) is 2.92. The molecule has 1 aliphatic heterocycles. The van der Waals surface area contributed by atoms with E-state index in [1.165, 1.54) is 0 Å². The zero-order valence-electron chi connectivity index (χ0n) is 14.3. The van der Waals surface area contributed by atoms with E-state index in [1.807, 2.05) is 31.5 Å². The first-order valence-corrected chi connectivity index (χ1v) is 8.21. The van der Waals surface area contributed by atoms with E-state index < -0.39 is 5.54 Å². The van der Waals surface area contributed by atoms with Gasteiger partial charge >= 0.3 is 0 Å². The lowest BCUT2D eigenvalue weighted by Crippen LogP contribution is -2.42. The van der Waals surface area contributed by atoms with Gasteiger partial charge in [-0.25, -0.2) is 9.97 Å². The van der Waals surface area contributed by atoms with Crippen LogP contribution in [0, 0.1) is 6.92 Å². The summed E-state index contributed by atoms with van der Waals surface area (Å²) >= 11 is 0. The van der Waals surface area contributed by atoms with Crippen LogP contribution in [0.4, 0.5) is 0 Å². The Morgan fingerprint density at radius 1 is 1.29 bits per heavy atom. The minimum Gasteiger partial charge on any atom is -0.381 e. The smallest absolute Gasteiger partial charge is 0.272 e. The van der Waals surface area contributed by atoms with Gasteiger partial charge in [-0.3, -0.25) is 9.48 Å². The second kappa shape index (κ2) is 6.68. The van der Waals surface area contributed by atoms with E-state index in [-0.39, 0.29) is 5.91 Å². The average Bonchev–Trinajstić information content (AvgIpc) is 2.98. The highest BCUT2D eigenvalue weighted by molar-refractivity contribution is 5.92. The van der Waals surface area contributed by atoms with Crippen molar-refractivity contribution in [2.75, 3.05) is 13.2 Å². The Balaban J connectivity index is 1.76. The van der Waals surface area contributed by atoms with Gasteiger partial charge in [0.05, 0.1) is 11.6 Å². The third kappa shape index (κ3) is 3.46. The van der Waals surface area contributed by atoms with Crippen molar-refractivity contribution < 1.29 is 9.53 Å². The summed E-state index contributed by atoms with van der Waals surface area (Å²) in [5.74, 6) is 0.347. The lowest BCUT2D eigenvalue weighted by Gasteiger charge is -2.24. The van der Waals surface area contributed by atoms with Crippen molar-refractivity contribution in [3.05, 3.63) is 41.7 Å². The summed E-state index contributed by atoms with van der Waals surface area (Å²) < 4.78 is 7.34. The maximum Gasteiger partial charge on any atom is 0.272 e. The van der Waals surface area contributed by atoms with Crippen molar-refractivity contribution in [2.24, 2.45) is 0 Å². The molecule has 2 aromatic heterocycles. The lowest BCUT2D eigenvalue weighted by molar-refractivity contribution is 0.0654. The van der Waals surface area contributed by atoms with Crippen LogP contribution in [0.2, 0.25) is 0 Å². The summed E-state index contributed by atoms with van der Waals surface area (Å²) in [6.07, 6.45) is 5.18. The van der Waals surface area contributed by atoms with E-state index >= 15 is 0 Å². The van der Waals surface area contributed by atoms with Gasteiger partial charge in [0.15, 0.2) is 5.82 Å². The molecule has 0 saturated carbocycles. The Morgan fingerprint density at radius 2 is 1.96 bits per heavy atom. The summed E-state index contributed by atoms with van der Waals surface area (Å²) in [5, 5.41) is 7.49. The molecule has 1 saturated heterocycles. The number of rotatable bonds is 4. The van der Waals surface area contributed by atoms with Crippen LogP contribution in [0.15, 0.2) is 24.5 Å². The molecule has 1 fully saturated rings. The van der Waals surface area contributed by atoms with Gasteiger partial charge in [-0.15, -0.1) is 0 Å². The molecule has 0 atom stereocenters. The molecule has 0 unspecified atom stereocenters. The SMILES string of the molecule is Cc1cc(C(=O)NC(C)(C)c2ncccn2)nn1C1CCOCC1. The second-order valence-corrected chi connectivity index (χ2v) is 6.61. The van der Waals surface area contributed by atoms with Crippen molar-refractivity contribution in [1.82, 2.24) is 25.1 Å². The molecule has 7 heteroatoms. The number of nitrogens with zero attached hydrogens (tertiary/aromatic N) is 4. The largest absolute Gasteiger partial charge is 0.381 e. The van der Waals surface area contributed by atoms with Gasteiger partial charge in [-0.1, -0.05) is 0 Å². The van der Waals surface area contributed by atoms with E-state index in [0.29, 0.717) is 17.6 Å². The number of carbonyl (C=O) groups is 1. The predicted octanol–water partition coefficient (Wildman–Crippen LogP) is 2.00. The van der Waals surface area contributed by atoms with E-state index in [0.717, 1.165) is 31.7 Å². The minimum absolute atomic E-state index is 0.221. The van der Waals surface area contributed by atoms with Gasteiger partial charge in [-0.05, 0) is 45.7 Å². The van der Waals surface area contributed by atoms with E-state index in [4.69, 9.17) is 4.74 Å². The number of aromatic nitrogens is 4. The monoisotopic (exact) mass is 329 g/mol. The molecule has 0 bridgehead atoms. The fourth-order valence-corrected chi connectivity index (χ4v) is 2.92. The predicted molar refractivity (Wildman–Crippen MR) is 88.6 cm³/mol. The average molecular weight is 329 g/mol. The van der Waals surface area contributed by atoms with Crippen LogP contribution in [0.25, 0.3) is 0 Å². The Hall–Kier alpha value is -2.28. The molecule has 0 radical (unpaired) electrons. The zero-order valence-corrected chi connectivity index (χ0v) is 14.3. The Morgan fingerprint density at radius 3 is 2.62 bits per heavy atom.